The highest BCUT2D eigenvalue weighted by Crippen LogP contribution is 2.50. The van der Waals surface area contributed by atoms with E-state index >= 15 is 0 Å². The molecule has 3 rings (SSSR count). The van der Waals surface area contributed by atoms with Crippen molar-refractivity contribution in [2.45, 2.75) is 70.8 Å². The summed E-state index contributed by atoms with van der Waals surface area (Å²) in [4.78, 5) is 2.79. The molecule has 3 fully saturated rings. The predicted molar refractivity (Wildman–Crippen MR) is 81.4 cm³/mol. The fraction of sp³-hybridized carbons (Fsp3) is 1.00. The van der Waals surface area contributed by atoms with Crippen LogP contribution in [0.5, 0.6) is 0 Å². The average Bonchev–Trinajstić information content (AvgIpc) is 3.20. The van der Waals surface area contributed by atoms with Crippen molar-refractivity contribution in [3.63, 3.8) is 0 Å². The average molecular weight is 264 g/mol. The Morgan fingerprint density at radius 1 is 1.16 bits per heavy atom. The Kier molecular flexibility index (Phi) is 4.48. The maximum atomic E-state index is 3.82. The fourth-order valence-corrected chi connectivity index (χ4v) is 4.51. The van der Waals surface area contributed by atoms with Crippen molar-refractivity contribution < 1.29 is 0 Å². The van der Waals surface area contributed by atoms with Gasteiger partial charge in [0.2, 0.25) is 0 Å². The fourth-order valence-electron chi connectivity index (χ4n) is 4.51. The molecule has 0 amide bonds. The first-order chi connectivity index (χ1) is 9.31. The van der Waals surface area contributed by atoms with Gasteiger partial charge in [-0.3, -0.25) is 4.90 Å². The van der Waals surface area contributed by atoms with Crippen molar-refractivity contribution in [3.05, 3.63) is 0 Å². The Labute approximate surface area is 119 Å². The molecule has 2 nitrogen and oxygen atoms in total. The van der Waals surface area contributed by atoms with Gasteiger partial charge in [0.25, 0.3) is 0 Å². The molecule has 110 valence electrons. The summed E-state index contributed by atoms with van der Waals surface area (Å²) < 4.78 is 0. The predicted octanol–water partition coefficient (Wildman–Crippen LogP) is 3.42. The third-order valence-electron chi connectivity index (χ3n) is 5.80. The molecule has 0 radical (unpaired) electrons. The minimum atomic E-state index is 0.739. The van der Waals surface area contributed by atoms with Crippen molar-refractivity contribution in [1.29, 1.82) is 0 Å². The molecule has 2 saturated carbocycles. The van der Waals surface area contributed by atoms with Crippen LogP contribution in [0, 0.1) is 11.3 Å². The van der Waals surface area contributed by atoms with Crippen LogP contribution in [-0.2, 0) is 0 Å². The molecule has 1 unspecified atom stereocenters. The number of nitrogens with zero attached hydrogens (tertiary/aromatic N) is 1. The number of hydrogen-bond donors (Lipinski definition) is 1. The standard InChI is InChI=1S/C17H32N2/c1-2-8-17(9-10-17)14-19-12-11-18-16(13-19)15-6-4-3-5-7-15/h15-16,18H,2-14H2,1H3. The van der Waals surface area contributed by atoms with E-state index in [2.05, 4.69) is 17.1 Å². The highest BCUT2D eigenvalue weighted by molar-refractivity contribution is 4.97. The summed E-state index contributed by atoms with van der Waals surface area (Å²) in [5, 5.41) is 3.82. The minimum Gasteiger partial charge on any atom is -0.311 e. The lowest BCUT2D eigenvalue weighted by molar-refractivity contribution is 0.123. The van der Waals surface area contributed by atoms with Crippen LogP contribution < -0.4 is 5.32 Å². The number of piperazine rings is 1. The minimum absolute atomic E-state index is 0.739. The number of rotatable bonds is 5. The third-order valence-corrected chi connectivity index (χ3v) is 5.80. The topological polar surface area (TPSA) is 15.3 Å². The van der Waals surface area contributed by atoms with E-state index < -0.39 is 0 Å². The van der Waals surface area contributed by atoms with Gasteiger partial charge >= 0.3 is 0 Å². The molecule has 0 bridgehead atoms. The first-order valence-corrected chi connectivity index (χ1v) is 8.77. The van der Waals surface area contributed by atoms with Crippen LogP contribution in [0.15, 0.2) is 0 Å². The Morgan fingerprint density at radius 2 is 1.95 bits per heavy atom. The molecule has 19 heavy (non-hydrogen) atoms. The van der Waals surface area contributed by atoms with Gasteiger partial charge in [0.1, 0.15) is 0 Å². The molecule has 1 N–H and O–H groups in total. The monoisotopic (exact) mass is 264 g/mol. The van der Waals surface area contributed by atoms with E-state index in [0.29, 0.717) is 0 Å². The highest BCUT2D eigenvalue weighted by Gasteiger charge is 2.43. The lowest BCUT2D eigenvalue weighted by Crippen LogP contribution is -2.55. The quantitative estimate of drug-likeness (QED) is 0.818. The van der Waals surface area contributed by atoms with E-state index in [1.807, 2.05) is 0 Å². The molecule has 0 aromatic rings. The van der Waals surface area contributed by atoms with E-state index in [1.54, 1.807) is 0 Å². The third kappa shape index (κ3) is 3.52. The van der Waals surface area contributed by atoms with Crippen LogP contribution in [0.2, 0.25) is 0 Å². The van der Waals surface area contributed by atoms with Gasteiger partial charge < -0.3 is 5.32 Å². The maximum absolute atomic E-state index is 3.82. The molecule has 0 spiro atoms. The van der Waals surface area contributed by atoms with E-state index in [1.165, 1.54) is 84.0 Å². The van der Waals surface area contributed by atoms with Gasteiger partial charge in [0.15, 0.2) is 0 Å². The second-order valence-electron chi connectivity index (χ2n) is 7.44. The van der Waals surface area contributed by atoms with E-state index in [-0.39, 0.29) is 0 Å². The molecule has 2 heteroatoms. The van der Waals surface area contributed by atoms with E-state index in [0.717, 1.165) is 17.4 Å². The van der Waals surface area contributed by atoms with Crippen molar-refractivity contribution in [1.82, 2.24) is 10.2 Å². The molecule has 3 aliphatic rings. The molecular weight excluding hydrogens is 232 g/mol. The molecule has 1 heterocycles. The second-order valence-corrected chi connectivity index (χ2v) is 7.44. The zero-order valence-corrected chi connectivity index (χ0v) is 12.8. The highest BCUT2D eigenvalue weighted by atomic mass is 15.2. The zero-order valence-electron chi connectivity index (χ0n) is 12.8. The van der Waals surface area contributed by atoms with Crippen LogP contribution in [0.1, 0.15) is 64.7 Å². The molecular formula is C17H32N2. The molecule has 0 aromatic heterocycles. The van der Waals surface area contributed by atoms with Gasteiger partial charge in [-0.15, -0.1) is 0 Å². The van der Waals surface area contributed by atoms with Gasteiger partial charge in [0, 0.05) is 32.2 Å². The summed E-state index contributed by atoms with van der Waals surface area (Å²) in [5.74, 6) is 0.970. The summed E-state index contributed by atoms with van der Waals surface area (Å²) in [5.41, 5.74) is 0.739. The summed E-state index contributed by atoms with van der Waals surface area (Å²) in [6.45, 7) is 7.59. The van der Waals surface area contributed by atoms with Crippen molar-refractivity contribution >= 4 is 0 Å². The van der Waals surface area contributed by atoms with Crippen LogP contribution in [0.3, 0.4) is 0 Å². The Morgan fingerprint density at radius 3 is 2.63 bits per heavy atom. The van der Waals surface area contributed by atoms with Crippen LogP contribution >= 0.6 is 0 Å². The van der Waals surface area contributed by atoms with E-state index in [9.17, 15) is 0 Å². The van der Waals surface area contributed by atoms with Crippen molar-refractivity contribution in [2.75, 3.05) is 26.2 Å². The molecule has 0 aromatic carbocycles. The maximum Gasteiger partial charge on any atom is 0.0223 e. The Bertz CT molecular complexity index is 279. The lowest BCUT2D eigenvalue weighted by atomic mass is 9.83. The zero-order chi connectivity index (χ0) is 13.1. The summed E-state index contributed by atoms with van der Waals surface area (Å²) in [7, 11) is 0. The Hall–Kier alpha value is -0.0800. The first-order valence-electron chi connectivity index (χ1n) is 8.77. The first kappa shape index (κ1) is 13.9. The van der Waals surface area contributed by atoms with Gasteiger partial charge in [-0.1, -0.05) is 32.6 Å². The van der Waals surface area contributed by atoms with Crippen LogP contribution in [0.25, 0.3) is 0 Å². The van der Waals surface area contributed by atoms with Crippen LogP contribution in [-0.4, -0.2) is 37.1 Å². The van der Waals surface area contributed by atoms with Crippen molar-refractivity contribution in [2.24, 2.45) is 11.3 Å². The lowest BCUT2D eigenvalue weighted by Gasteiger charge is -2.40. The van der Waals surface area contributed by atoms with Gasteiger partial charge in [-0.2, -0.15) is 0 Å². The summed E-state index contributed by atoms with van der Waals surface area (Å²) in [6, 6.07) is 0.798. The van der Waals surface area contributed by atoms with Gasteiger partial charge in [-0.05, 0) is 43.4 Å². The van der Waals surface area contributed by atoms with Crippen molar-refractivity contribution in [3.8, 4) is 0 Å². The smallest absolute Gasteiger partial charge is 0.0223 e. The number of nitrogens with one attached hydrogen (secondary N) is 1. The summed E-state index contributed by atoms with van der Waals surface area (Å²) >= 11 is 0. The Balaban J connectivity index is 1.50. The second kappa shape index (κ2) is 6.13. The normalized spacial score (nSPS) is 32.4. The summed E-state index contributed by atoms with van der Waals surface area (Å²) in [6.07, 6.45) is 13.2. The van der Waals surface area contributed by atoms with Gasteiger partial charge in [-0.25, -0.2) is 0 Å². The molecule has 2 aliphatic carbocycles. The van der Waals surface area contributed by atoms with Crippen LogP contribution in [0.4, 0.5) is 0 Å². The largest absolute Gasteiger partial charge is 0.311 e. The molecule has 1 atom stereocenters. The molecule has 1 saturated heterocycles. The SMILES string of the molecule is CCCC1(CN2CCNC(C3CCCCC3)C2)CC1. The van der Waals surface area contributed by atoms with Gasteiger partial charge in [0.05, 0.1) is 0 Å². The number of hydrogen-bond acceptors (Lipinski definition) is 2. The molecule has 1 aliphatic heterocycles. The van der Waals surface area contributed by atoms with E-state index in [4.69, 9.17) is 0 Å².